The average Bonchev–Trinajstić information content (AvgIpc) is 3.75. The van der Waals surface area contributed by atoms with Crippen molar-refractivity contribution in [3.63, 3.8) is 0 Å². The summed E-state index contributed by atoms with van der Waals surface area (Å²) in [4.78, 5) is 48.5. The van der Waals surface area contributed by atoms with Crippen LogP contribution >= 0.6 is 11.6 Å². The fourth-order valence-electron chi connectivity index (χ4n) is 8.17. The van der Waals surface area contributed by atoms with Crippen LogP contribution in [0.1, 0.15) is 54.2 Å². The summed E-state index contributed by atoms with van der Waals surface area (Å²) in [5.74, 6) is -0.0685. The second-order valence-corrected chi connectivity index (χ2v) is 18.3. The molecule has 4 heterocycles. The number of amides is 1. The highest BCUT2D eigenvalue weighted by atomic mass is 35.5. The third-order valence-electron chi connectivity index (χ3n) is 11.6. The van der Waals surface area contributed by atoms with Crippen LogP contribution < -0.4 is 25.2 Å². The monoisotopic (exact) mass is 893 g/mol. The number of sulfonamides is 1. The molecule has 63 heavy (non-hydrogen) atoms. The van der Waals surface area contributed by atoms with E-state index in [1.54, 1.807) is 30.5 Å². The van der Waals surface area contributed by atoms with E-state index in [1.165, 1.54) is 18.2 Å². The number of nitro groups is 1. The van der Waals surface area contributed by atoms with Crippen molar-refractivity contribution in [2.24, 2.45) is 5.92 Å². The molecule has 4 aromatic carbocycles. The second-order valence-electron chi connectivity index (χ2n) is 16.2. The first-order valence-electron chi connectivity index (χ1n) is 20.9. The van der Waals surface area contributed by atoms with Crippen molar-refractivity contribution in [1.82, 2.24) is 19.6 Å². The number of ether oxygens (including phenoxy) is 2. The van der Waals surface area contributed by atoms with Gasteiger partial charge in [0.25, 0.3) is 21.6 Å². The van der Waals surface area contributed by atoms with E-state index in [9.17, 15) is 28.1 Å². The molecule has 0 bridgehead atoms. The van der Waals surface area contributed by atoms with Crippen molar-refractivity contribution >= 4 is 55.5 Å². The van der Waals surface area contributed by atoms with Crippen molar-refractivity contribution in [2.45, 2.75) is 44.0 Å². The highest BCUT2D eigenvalue weighted by molar-refractivity contribution is 7.90. The van der Waals surface area contributed by atoms with Gasteiger partial charge in [0.1, 0.15) is 17.2 Å². The van der Waals surface area contributed by atoms with E-state index in [2.05, 4.69) is 43.7 Å². The van der Waals surface area contributed by atoms with Gasteiger partial charge in [-0.2, -0.15) is 0 Å². The van der Waals surface area contributed by atoms with Gasteiger partial charge in [-0.15, -0.1) is 0 Å². The number of nitrogens with zero attached hydrogens (tertiary/aromatic N) is 3. The number of piperazine rings is 1. The second kappa shape index (κ2) is 18.6. The number of aromatic nitrogens is 2. The average molecular weight is 894 g/mol. The fourth-order valence-corrected chi connectivity index (χ4v) is 9.28. The molecule has 0 saturated carbocycles. The summed E-state index contributed by atoms with van der Waals surface area (Å²) in [6.07, 6.45) is 3.43. The summed E-state index contributed by atoms with van der Waals surface area (Å²) >= 11 is 6.20. The third kappa shape index (κ3) is 10.0. The number of rotatable bonds is 14. The number of anilines is 2. The number of nitrogens with one attached hydrogen (secondary N) is 4. The predicted octanol–water partition coefficient (Wildman–Crippen LogP) is 8.28. The van der Waals surface area contributed by atoms with E-state index in [0.717, 1.165) is 57.9 Å². The number of hydrogen-bond donors (Lipinski definition) is 4. The Balaban J connectivity index is 1.02. The zero-order valence-electron chi connectivity index (χ0n) is 34.9. The van der Waals surface area contributed by atoms with Crippen LogP contribution in [0.4, 0.5) is 17.1 Å². The number of aromatic amines is 2. The van der Waals surface area contributed by atoms with E-state index < -0.39 is 31.4 Å². The number of carbonyl (C=O) groups is 1. The summed E-state index contributed by atoms with van der Waals surface area (Å²) in [5.41, 5.74) is 4.92. The number of carbonyl (C=O) groups excluding carboxylic acids is 1. The first kappa shape index (κ1) is 43.4. The van der Waals surface area contributed by atoms with Crippen molar-refractivity contribution in [3.05, 3.63) is 140 Å². The molecule has 8 rings (SSSR count). The first-order valence-corrected chi connectivity index (χ1v) is 22.7. The maximum atomic E-state index is 13.9. The highest BCUT2D eigenvalue weighted by Gasteiger charge is 2.28. The molecular formula is C46H48ClN7O8S. The molecule has 4 N–H and O–H groups in total. The van der Waals surface area contributed by atoms with Gasteiger partial charge in [0, 0.05) is 104 Å². The Hall–Kier alpha value is -6.20. The molecule has 2 saturated heterocycles. The van der Waals surface area contributed by atoms with Gasteiger partial charge in [0.05, 0.1) is 15.4 Å². The quantitative estimate of drug-likeness (QED) is 0.0608. The number of halogens is 1. The van der Waals surface area contributed by atoms with Crippen LogP contribution in [-0.2, 0) is 21.3 Å². The molecule has 0 aliphatic carbocycles. The van der Waals surface area contributed by atoms with Gasteiger partial charge in [-0.05, 0) is 102 Å². The topological polar surface area (TPSA) is 192 Å². The van der Waals surface area contributed by atoms with E-state index in [0.29, 0.717) is 63.3 Å². The lowest BCUT2D eigenvalue weighted by atomic mass is 9.94. The minimum Gasteiger partial charge on any atom is -0.456 e. The Morgan fingerprint density at radius 1 is 0.968 bits per heavy atom. The number of fused-ring (bicyclic) bond motifs is 1. The van der Waals surface area contributed by atoms with Gasteiger partial charge < -0.3 is 29.7 Å². The van der Waals surface area contributed by atoms with Gasteiger partial charge in [0.15, 0.2) is 0 Å². The lowest BCUT2D eigenvalue weighted by molar-refractivity contribution is -0.384. The minimum absolute atomic E-state index is 0.0478. The van der Waals surface area contributed by atoms with Gasteiger partial charge >= 0.3 is 0 Å². The summed E-state index contributed by atoms with van der Waals surface area (Å²) in [5, 5.41) is 16.7. The molecule has 2 aliphatic heterocycles. The molecule has 0 spiro atoms. The Kier molecular flexibility index (Phi) is 12.9. The smallest absolute Gasteiger partial charge is 0.293 e. The molecule has 0 atom stereocenters. The van der Waals surface area contributed by atoms with Crippen LogP contribution in [0.3, 0.4) is 0 Å². The largest absolute Gasteiger partial charge is 0.456 e. The zero-order valence-corrected chi connectivity index (χ0v) is 36.4. The molecular weight excluding hydrogens is 846 g/mol. The van der Waals surface area contributed by atoms with Crippen LogP contribution in [0.5, 0.6) is 11.5 Å². The van der Waals surface area contributed by atoms with Crippen LogP contribution in [0, 0.1) is 16.0 Å². The molecule has 1 amide bonds. The van der Waals surface area contributed by atoms with Crippen LogP contribution in [-0.4, -0.2) is 80.1 Å². The van der Waals surface area contributed by atoms with Crippen molar-refractivity contribution in [2.75, 3.05) is 56.2 Å². The van der Waals surface area contributed by atoms with Gasteiger partial charge in [0.2, 0.25) is 5.56 Å². The maximum absolute atomic E-state index is 13.9. The van der Waals surface area contributed by atoms with Gasteiger partial charge in [-0.3, -0.25) is 24.6 Å². The van der Waals surface area contributed by atoms with Crippen LogP contribution in [0.25, 0.3) is 22.0 Å². The molecule has 2 aromatic heterocycles. The lowest BCUT2D eigenvalue weighted by Crippen LogP contribution is -2.46. The third-order valence-corrected chi connectivity index (χ3v) is 13.2. The Labute approximate surface area is 369 Å². The molecule has 328 valence electrons. The number of benzene rings is 4. The normalized spacial score (nSPS) is 15.1. The van der Waals surface area contributed by atoms with Crippen molar-refractivity contribution in [1.29, 1.82) is 0 Å². The molecule has 17 heteroatoms. The van der Waals surface area contributed by atoms with Gasteiger partial charge in [-0.25, -0.2) is 13.1 Å². The van der Waals surface area contributed by atoms with Crippen molar-refractivity contribution in [3.8, 4) is 22.6 Å². The lowest BCUT2D eigenvalue weighted by Gasteiger charge is -2.37. The molecule has 6 aromatic rings. The van der Waals surface area contributed by atoms with Crippen LogP contribution in [0.2, 0.25) is 5.02 Å². The molecule has 2 fully saturated rings. The maximum Gasteiger partial charge on any atom is 0.293 e. The molecule has 2 aliphatic rings. The number of hydrogen-bond acceptors (Lipinski definition) is 11. The Bertz CT molecular complexity index is 2810. The van der Waals surface area contributed by atoms with E-state index in [1.807, 2.05) is 42.5 Å². The first-order chi connectivity index (χ1) is 30.3. The zero-order chi connectivity index (χ0) is 44.3. The fraction of sp³-hybridized carbons (Fsp3) is 0.304. The summed E-state index contributed by atoms with van der Waals surface area (Å²) < 4.78 is 41.3. The summed E-state index contributed by atoms with van der Waals surface area (Å²) in [6.45, 7) is 9.07. The summed E-state index contributed by atoms with van der Waals surface area (Å²) in [6, 6.07) is 25.0. The molecule has 0 radical (unpaired) electrons. The van der Waals surface area contributed by atoms with E-state index in [-0.39, 0.29) is 34.4 Å². The van der Waals surface area contributed by atoms with E-state index in [4.69, 9.17) is 21.1 Å². The summed E-state index contributed by atoms with van der Waals surface area (Å²) in [7, 11) is -4.57. The number of pyridine rings is 1. The standard InChI is InChI=1S/C46H48ClN7O8S/c1-29(2)45-39(38(26-44(55)50-45)31-3-5-33(47)6-4-31)28-52-17-19-53(20-18-52)34-7-10-37(43(24-34)62-35-8-11-40-32(23-35)13-16-48-40)46(56)51-63(59,60)36-9-12-41(42(25-36)54(57)58)49-27-30-14-21-61-22-15-30/h3-13,16,23-26,29-30,48-49H,14-15,17-22,27-28H2,1-2H3,(H,50,55)(H,51,56). The SMILES string of the molecule is CC(C)c1[nH]c(=O)cc(-c2ccc(Cl)cc2)c1CN1CCN(c2ccc(C(=O)NS(=O)(=O)c3ccc(NCC4CCOCC4)c([N+](=O)[O-])c3)c(Oc3ccc4[nH]ccc4c3)c2)CC1. The predicted molar refractivity (Wildman–Crippen MR) is 244 cm³/mol. The van der Waals surface area contributed by atoms with Crippen LogP contribution in [0.15, 0.2) is 107 Å². The molecule has 0 unspecified atom stereocenters. The number of H-pyrrole nitrogens is 2. The van der Waals surface area contributed by atoms with E-state index >= 15 is 0 Å². The van der Waals surface area contributed by atoms with Gasteiger partial charge in [-0.1, -0.05) is 37.6 Å². The highest BCUT2D eigenvalue weighted by Crippen LogP contribution is 2.35. The molecule has 15 nitrogen and oxygen atoms in total. The Morgan fingerprint density at radius 2 is 1.73 bits per heavy atom. The van der Waals surface area contributed by atoms with Crippen molar-refractivity contribution < 1.29 is 27.6 Å². The Morgan fingerprint density at radius 3 is 2.46 bits per heavy atom. The minimum atomic E-state index is -4.57. The number of nitro benzene ring substituents is 1.